The molecular formula is C24H24N2O6. The van der Waals surface area contributed by atoms with E-state index in [1.165, 1.54) is 7.11 Å². The largest absolute Gasteiger partial charge is 0.472 e. The Morgan fingerprint density at radius 2 is 1.66 bits per heavy atom. The number of aliphatic carboxylic acids is 1. The summed E-state index contributed by atoms with van der Waals surface area (Å²) in [5.41, 5.74) is 4.56. The van der Waals surface area contributed by atoms with Crippen LogP contribution in [0, 0.1) is 11.8 Å². The first-order valence-corrected chi connectivity index (χ1v) is 10.1. The van der Waals surface area contributed by atoms with Gasteiger partial charge in [-0.3, -0.25) is 4.79 Å². The molecule has 0 aromatic heterocycles. The van der Waals surface area contributed by atoms with E-state index in [1.54, 1.807) is 0 Å². The zero-order valence-electron chi connectivity index (χ0n) is 17.6. The predicted octanol–water partition coefficient (Wildman–Crippen LogP) is 2.13. The molecular weight excluding hydrogens is 412 g/mol. The van der Waals surface area contributed by atoms with Crippen LogP contribution in [0.1, 0.15) is 23.5 Å². The van der Waals surface area contributed by atoms with Crippen molar-refractivity contribution >= 4 is 18.0 Å². The van der Waals surface area contributed by atoms with Crippen molar-refractivity contribution in [2.75, 3.05) is 26.8 Å². The van der Waals surface area contributed by atoms with Crippen LogP contribution in [0.25, 0.3) is 11.1 Å². The van der Waals surface area contributed by atoms with Gasteiger partial charge in [0.05, 0.1) is 6.54 Å². The first-order chi connectivity index (χ1) is 15.5. The Bertz CT molecular complexity index is 1010. The minimum absolute atomic E-state index is 0.0300. The molecule has 2 amide bonds. The average molecular weight is 436 g/mol. The van der Waals surface area contributed by atoms with E-state index in [0.29, 0.717) is 0 Å². The molecule has 3 N–H and O–H groups in total. The van der Waals surface area contributed by atoms with Gasteiger partial charge in [-0.15, -0.1) is 0 Å². The first-order valence-electron chi connectivity index (χ1n) is 10.1. The van der Waals surface area contributed by atoms with Crippen LogP contribution in [-0.4, -0.2) is 56.0 Å². The molecule has 2 aromatic carbocycles. The maximum Gasteiger partial charge on any atom is 0.407 e. The molecule has 2 aromatic rings. The van der Waals surface area contributed by atoms with E-state index >= 15 is 0 Å². The second kappa shape index (κ2) is 11.0. The average Bonchev–Trinajstić information content (AvgIpc) is 3.11. The molecule has 0 bridgehead atoms. The Hall–Kier alpha value is -3.83. The smallest absolute Gasteiger partial charge is 0.407 e. The number of fused-ring (bicyclic) bond motifs is 3. The summed E-state index contributed by atoms with van der Waals surface area (Å²) in [5.74, 6) is 2.46. The van der Waals surface area contributed by atoms with Gasteiger partial charge < -0.3 is 25.2 Å². The molecule has 8 heteroatoms. The molecule has 0 saturated carbocycles. The number of hydrogen-bond donors (Lipinski definition) is 3. The molecule has 3 rings (SSSR count). The van der Waals surface area contributed by atoms with Gasteiger partial charge in [0.1, 0.15) is 12.7 Å². The van der Waals surface area contributed by atoms with Crippen molar-refractivity contribution in [2.45, 2.75) is 18.4 Å². The number of alkyl carbamates (subject to hydrolysis) is 1. The third-order valence-corrected chi connectivity index (χ3v) is 5.14. The summed E-state index contributed by atoms with van der Waals surface area (Å²) in [7, 11) is 1.38. The molecule has 0 fully saturated rings. The summed E-state index contributed by atoms with van der Waals surface area (Å²) in [5, 5.41) is 13.5. The van der Waals surface area contributed by atoms with Gasteiger partial charge in [-0.25, -0.2) is 9.59 Å². The third kappa shape index (κ3) is 5.65. The lowest BCUT2D eigenvalue weighted by Gasteiger charge is -2.16. The fraction of sp³-hybridized carbons (Fsp3) is 0.292. The zero-order chi connectivity index (χ0) is 22.9. The maximum absolute atomic E-state index is 12.2. The van der Waals surface area contributed by atoms with E-state index in [1.807, 2.05) is 42.3 Å². The minimum atomic E-state index is -1.27. The van der Waals surface area contributed by atoms with Gasteiger partial charge in [0.2, 0.25) is 5.91 Å². The van der Waals surface area contributed by atoms with E-state index in [4.69, 9.17) is 14.6 Å². The SMILES string of the molecule is COC(CCNC(=O)OCC1c2ccccc2-c2ccccc21)C(=O)NCC#CC(=O)O. The summed E-state index contributed by atoms with van der Waals surface area (Å²) in [6.07, 6.45) is -1.16. The van der Waals surface area contributed by atoms with Gasteiger partial charge in [-0.1, -0.05) is 54.5 Å². The van der Waals surface area contributed by atoms with E-state index in [2.05, 4.69) is 28.7 Å². The normalized spacial score (nSPS) is 12.5. The lowest BCUT2D eigenvalue weighted by Crippen LogP contribution is -2.39. The number of carbonyl (C=O) groups excluding carboxylic acids is 2. The van der Waals surface area contributed by atoms with Gasteiger partial charge in [0.15, 0.2) is 0 Å². The molecule has 1 unspecified atom stereocenters. The molecule has 32 heavy (non-hydrogen) atoms. The van der Waals surface area contributed by atoms with Gasteiger partial charge >= 0.3 is 12.1 Å². The summed E-state index contributed by atoms with van der Waals surface area (Å²) >= 11 is 0. The molecule has 8 nitrogen and oxygen atoms in total. The van der Waals surface area contributed by atoms with Crippen molar-refractivity contribution in [3.05, 3.63) is 59.7 Å². The van der Waals surface area contributed by atoms with Crippen LogP contribution in [0.5, 0.6) is 0 Å². The highest BCUT2D eigenvalue weighted by Gasteiger charge is 2.29. The summed E-state index contributed by atoms with van der Waals surface area (Å²) in [6.45, 7) is 0.268. The first kappa shape index (κ1) is 22.8. The fourth-order valence-electron chi connectivity index (χ4n) is 3.68. The Labute approximate surface area is 185 Å². The zero-order valence-corrected chi connectivity index (χ0v) is 17.6. The second-order valence-electron chi connectivity index (χ2n) is 7.09. The van der Waals surface area contributed by atoms with Crippen LogP contribution in [0.15, 0.2) is 48.5 Å². The highest BCUT2D eigenvalue weighted by molar-refractivity contribution is 5.87. The molecule has 0 radical (unpaired) electrons. The number of methoxy groups -OCH3 is 1. The maximum atomic E-state index is 12.2. The van der Waals surface area contributed by atoms with Crippen molar-refractivity contribution in [1.82, 2.24) is 10.6 Å². The lowest BCUT2D eigenvalue weighted by molar-refractivity contribution is -0.131. The van der Waals surface area contributed by atoms with Crippen molar-refractivity contribution in [3.8, 4) is 23.0 Å². The van der Waals surface area contributed by atoms with Crippen molar-refractivity contribution in [1.29, 1.82) is 0 Å². The number of hydrogen-bond acceptors (Lipinski definition) is 5. The predicted molar refractivity (Wildman–Crippen MR) is 117 cm³/mol. The number of rotatable bonds is 8. The molecule has 0 saturated heterocycles. The molecule has 166 valence electrons. The standard InChI is InChI=1S/C24H24N2O6/c1-31-21(23(29)25-13-6-11-22(27)28)12-14-26-24(30)32-15-20-18-9-4-2-7-16(18)17-8-3-5-10-19(17)20/h2-5,7-10,20-21H,12-15H2,1H3,(H,25,29)(H,26,30)(H,27,28). The fourth-order valence-corrected chi connectivity index (χ4v) is 3.68. The third-order valence-electron chi connectivity index (χ3n) is 5.14. The van der Waals surface area contributed by atoms with Crippen LogP contribution in [0.3, 0.4) is 0 Å². The van der Waals surface area contributed by atoms with Crippen molar-refractivity contribution < 1.29 is 29.0 Å². The molecule has 0 heterocycles. The van der Waals surface area contributed by atoms with Crippen LogP contribution in [0.2, 0.25) is 0 Å². The molecule has 1 atom stereocenters. The van der Waals surface area contributed by atoms with E-state index < -0.39 is 24.1 Å². The van der Waals surface area contributed by atoms with Crippen LogP contribution in [0.4, 0.5) is 4.79 Å². The van der Waals surface area contributed by atoms with Crippen LogP contribution >= 0.6 is 0 Å². The Morgan fingerprint density at radius 3 is 2.25 bits per heavy atom. The molecule has 0 aliphatic heterocycles. The summed E-state index contributed by atoms with van der Waals surface area (Å²) in [6, 6.07) is 16.2. The quantitative estimate of drug-likeness (QED) is 0.547. The Morgan fingerprint density at radius 1 is 1.03 bits per heavy atom. The van der Waals surface area contributed by atoms with Gasteiger partial charge in [0.25, 0.3) is 0 Å². The van der Waals surface area contributed by atoms with Gasteiger partial charge in [-0.2, -0.15) is 0 Å². The lowest BCUT2D eigenvalue weighted by atomic mass is 9.98. The number of benzene rings is 2. The molecule has 1 aliphatic rings. The van der Waals surface area contributed by atoms with E-state index in [0.717, 1.165) is 22.3 Å². The molecule has 1 aliphatic carbocycles. The van der Waals surface area contributed by atoms with Crippen molar-refractivity contribution in [2.24, 2.45) is 0 Å². The Balaban J connectivity index is 1.46. The number of nitrogens with one attached hydrogen (secondary N) is 2. The van der Waals surface area contributed by atoms with E-state index in [-0.39, 0.29) is 32.0 Å². The van der Waals surface area contributed by atoms with Crippen LogP contribution < -0.4 is 10.6 Å². The number of carboxylic acids is 1. The Kier molecular flexibility index (Phi) is 7.84. The number of carbonyl (C=O) groups is 3. The monoisotopic (exact) mass is 436 g/mol. The minimum Gasteiger partial charge on any atom is -0.472 e. The van der Waals surface area contributed by atoms with E-state index in [9.17, 15) is 14.4 Å². The van der Waals surface area contributed by atoms with Crippen LogP contribution in [-0.2, 0) is 19.1 Å². The molecule has 0 spiro atoms. The van der Waals surface area contributed by atoms with Gasteiger partial charge in [-0.05, 0) is 22.3 Å². The number of amides is 2. The highest BCUT2D eigenvalue weighted by Crippen LogP contribution is 2.44. The van der Waals surface area contributed by atoms with Gasteiger partial charge in [0, 0.05) is 31.9 Å². The number of carboxylic acid groups (broad SMARTS) is 1. The highest BCUT2D eigenvalue weighted by atomic mass is 16.5. The summed E-state index contributed by atoms with van der Waals surface area (Å²) < 4.78 is 10.6. The summed E-state index contributed by atoms with van der Waals surface area (Å²) in [4.78, 5) is 34.6. The van der Waals surface area contributed by atoms with Crippen molar-refractivity contribution in [3.63, 3.8) is 0 Å². The number of ether oxygens (including phenoxy) is 2. The second-order valence-corrected chi connectivity index (χ2v) is 7.09. The topological polar surface area (TPSA) is 114 Å².